The van der Waals surface area contributed by atoms with Gasteiger partial charge in [0.25, 0.3) is 0 Å². The van der Waals surface area contributed by atoms with Crippen LogP contribution in [-0.2, 0) is 10.3 Å². The molecule has 1 unspecified atom stereocenters. The number of ketones is 1. The summed E-state index contributed by atoms with van der Waals surface area (Å²) in [5, 5.41) is 3.31. The number of benzene rings is 1. The second-order valence-electron chi connectivity index (χ2n) is 4.31. The van der Waals surface area contributed by atoms with Gasteiger partial charge in [-0.25, -0.2) is 0 Å². The molecule has 3 nitrogen and oxygen atoms in total. The molecule has 1 fully saturated rings. The smallest absolute Gasteiger partial charge is 0.157 e. The zero-order chi connectivity index (χ0) is 11.6. The van der Waals surface area contributed by atoms with Crippen LogP contribution in [0.2, 0.25) is 0 Å². The number of piperidine rings is 1. The highest BCUT2D eigenvalue weighted by atomic mass is 16.5. The molecule has 1 aliphatic heterocycles. The van der Waals surface area contributed by atoms with Crippen molar-refractivity contribution in [3.05, 3.63) is 29.8 Å². The van der Waals surface area contributed by atoms with E-state index in [2.05, 4.69) is 5.32 Å². The molecule has 0 spiro atoms. The van der Waals surface area contributed by atoms with Crippen LogP contribution in [0.1, 0.15) is 25.3 Å². The van der Waals surface area contributed by atoms with Gasteiger partial charge in [-0.2, -0.15) is 0 Å². The molecule has 1 aromatic carbocycles. The van der Waals surface area contributed by atoms with Gasteiger partial charge in [0, 0.05) is 6.42 Å². The molecule has 1 saturated heterocycles. The molecular weight excluding hydrogens is 202 g/mol. The molecule has 1 aliphatic rings. The van der Waals surface area contributed by atoms with Crippen LogP contribution in [0.3, 0.4) is 0 Å². The first-order chi connectivity index (χ1) is 7.66. The number of methoxy groups -OCH3 is 1. The third-order valence-electron chi connectivity index (χ3n) is 3.26. The third kappa shape index (κ3) is 1.83. The number of Topliss-reactive ketones (excluding diaryl/α,β-unsaturated/α-hetero) is 1. The fraction of sp³-hybridized carbons (Fsp3) is 0.462. The lowest BCUT2D eigenvalue weighted by molar-refractivity contribution is -0.126. The number of carbonyl (C=O) groups excluding carboxylic acids is 1. The van der Waals surface area contributed by atoms with Crippen LogP contribution in [0.15, 0.2) is 24.3 Å². The Bertz CT molecular complexity index is 403. The van der Waals surface area contributed by atoms with Crippen molar-refractivity contribution in [1.82, 2.24) is 5.32 Å². The quantitative estimate of drug-likeness (QED) is 0.825. The summed E-state index contributed by atoms with van der Waals surface area (Å²) >= 11 is 0. The molecule has 0 radical (unpaired) electrons. The molecular formula is C13H17NO2. The number of hydrogen-bond donors (Lipinski definition) is 1. The average Bonchev–Trinajstić information content (AvgIpc) is 2.33. The van der Waals surface area contributed by atoms with Crippen molar-refractivity contribution < 1.29 is 9.53 Å². The third-order valence-corrected chi connectivity index (χ3v) is 3.26. The Kier molecular flexibility index (Phi) is 2.97. The van der Waals surface area contributed by atoms with Crippen LogP contribution in [0, 0.1) is 0 Å². The molecule has 0 aliphatic carbocycles. The standard InChI is InChI=1S/C13H17NO2/c1-13(12(15)7-4-8-14-13)10-5-3-6-11(9-10)16-2/h3,5-6,9,14H,4,7-8H2,1-2H3. The van der Waals surface area contributed by atoms with E-state index < -0.39 is 5.54 Å². The maximum absolute atomic E-state index is 12.0. The summed E-state index contributed by atoms with van der Waals surface area (Å²) in [4.78, 5) is 12.0. The lowest BCUT2D eigenvalue weighted by atomic mass is 9.83. The van der Waals surface area contributed by atoms with Gasteiger partial charge in [-0.05, 0) is 37.6 Å². The normalized spacial score (nSPS) is 25.5. The zero-order valence-corrected chi connectivity index (χ0v) is 9.75. The monoisotopic (exact) mass is 219 g/mol. The van der Waals surface area contributed by atoms with E-state index in [9.17, 15) is 4.79 Å². The van der Waals surface area contributed by atoms with E-state index >= 15 is 0 Å². The minimum Gasteiger partial charge on any atom is -0.497 e. The molecule has 1 heterocycles. The number of ether oxygens (including phenoxy) is 1. The fourth-order valence-electron chi connectivity index (χ4n) is 2.13. The predicted octanol–water partition coefficient (Wildman–Crippen LogP) is 1.86. The van der Waals surface area contributed by atoms with E-state index in [1.165, 1.54) is 0 Å². The molecule has 0 amide bonds. The van der Waals surface area contributed by atoms with Crippen LogP contribution >= 0.6 is 0 Å². The summed E-state index contributed by atoms with van der Waals surface area (Å²) in [7, 11) is 1.64. The minimum atomic E-state index is -0.549. The van der Waals surface area contributed by atoms with E-state index in [0.717, 1.165) is 24.3 Å². The van der Waals surface area contributed by atoms with Crippen molar-refractivity contribution in [2.45, 2.75) is 25.3 Å². The van der Waals surface area contributed by atoms with Gasteiger partial charge in [-0.3, -0.25) is 4.79 Å². The van der Waals surface area contributed by atoms with Gasteiger partial charge >= 0.3 is 0 Å². The second kappa shape index (κ2) is 4.26. The molecule has 3 heteroatoms. The number of hydrogen-bond acceptors (Lipinski definition) is 3. The van der Waals surface area contributed by atoms with E-state index in [1.807, 2.05) is 31.2 Å². The molecule has 1 N–H and O–H groups in total. The first-order valence-electron chi connectivity index (χ1n) is 5.59. The van der Waals surface area contributed by atoms with E-state index in [4.69, 9.17) is 4.74 Å². The minimum absolute atomic E-state index is 0.256. The van der Waals surface area contributed by atoms with Crippen LogP contribution in [0.4, 0.5) is 0 Å². The predicted molar refractivity (Wildman–Crippen MR) is 62.6 cm³/mol. The van der Waals surface area contributed by atoms with E-state index in [-0.39, 0.29) is 5.78 Å². The van der Waals surface area contributed by atoms with Gasteiger partial charge in [0.1, 0.15) is 11.3 Å². The maximum atomic E-state index is 12.0. The first-order valence-corrected chi connectivity index (χ1v) is 5.59. The van der Waals surface area contributed by atoms with Crippen LogP contribution in [0.25, 0.3) is 0 Å². The maximum Gasteiger partial charge on any atom is 0.157 e. The summed E-state index contributed by atoms with van der Waals surface area (Å²) in [5.41, 5.74) is 0.434. The molecule has 0 aromatic heterocycles. The molecule has 0 saturated carbocycles. The summed E-state index contributed by atoms with van der Waals surface area (Å²) in [6, 6.07) is 7.71. The van der Waals surface area contributed by atoms with Gasteiger partial charge in [0.2, 0.25) is 0 Å². The van der Waals surface area contributed by atoms with Crippen LogP contribution < -0.4 is 10.1 Å². The summed E-state index contributed by atoms with van der Waals surface area (Å²) < 4.78 is 5.19. The Morgan fingerprint density at radius 1 is 1.44 bits per heavy atom. The van der Waals surface area contributed by atoms with Crippen molar-refractivity contribution in [3.8, 4) is 5.75 Å². The van der Waals surface area contributed by atoms with Crippen molar-refractivity contribution in [3.63, 3.8) is 0 Å². The fourth-order valence-corrected chi connectivity index (χ4v) is 2.13. The first kappa shape index (κ1) is 11.1. The summed E-state index contributed by atoms with van der Waals surface area (Å²) in [6.45, 7) is 2.84. The highest BCUT2D eigenvalue weighted by molar-refractivity contribution is 5.90. The number of rotatable bonds is 2. The van der Waals surface area contributed by atoms with Gasteiger partial charge in [0.05, 0.1) is 7.11 Å². The SMILES string of the molecule is COc1cccc(C2(C)NCCCC2=O)c1. The van der Waals surface area contributed by atoms with Crippen molar-refractivity contribution >= 4 is 5.78 Å². The van der Waals surface area contributed by atoms with Crippen molar-refractivity contribution in [1.29, 1.82) is 0 Å². The average molecular weight is 219 g/mol. The molecule has 1 aromatic rings. The highest BCUT2D eigenvalue weighted by Gasteiger charge is 2.36. The Hall–Kier alpha value is -1.35. The second-order valence-corrected chi connectivity index (χ2v) is 4.31. The van der Waals surface area contributed by atoms with Crippen LogP contribution in [-0.4, -0.2) is 19.4 Å². The van der Waals surface area contributed by atoms with Gasteiger partial charge in [-0.1, -0.05) is 12.1 Å². The van der Waals surface area contributed by atoms with E-state index in [0.29, 0.717) is 6.42 Å². The van der Waals surface area contributed by atoms with Gasteiger partial charge in [-0.15, -0.1) is 0 Å². The number of carbonyl (C=O) groups is 1. The highest BCUT2D eigenvalue weighted by Crippen LogP contribution is 2.29. The van der Waals surface area contributed by atoms with E-state index in [1.54, 1.807) is 7.11 Å². The lowest BCUT2D eigenvalue weighted by Crippen LogP contribution is -2.50. The van der Waals surface area contributed by atoms with Crippen molar-refractivity contribution in [2.24, 2.45) is 0 Å². The Morgan fingerprint density at radius 2 is 2.25 bits per heavy atom. The number of nitrogens with one attached hydrogen (secondary N) is 1. The molecule has 16 heavy (non-hydrogen) atoms. The Labute approximate surface area is 95.8 Å². The van der Waals surface area contributed by atoms with Gasteiger partial charge < -0.3 is 10.1 Å². The Balaban J connectivity index is 2.37. The lowest BCUT2D eigenvalue weighted by Gasteiger charge is -2.34. The topological polar surface area (TPSA) is 38.3 Å². The van der Waals surface area contributed by atoms with Crippen molar-refractivity contribution in [2.75, 3.05) is 13.7 Å². The van der Waals surface area contributed by atoms with Gasteiger partial charge in [0.15, 0.2) is 5.78 Å². The Morgan fingerprint density at radius 3 is 2.94 bits per heavy atom. The molecule has 1 atom stereocenters. The largest absolute Gasteiger partial charge is 0.497 e. The van der Waals surface area contributed by atoms with Crippen LogP contribution in [0.5, 0.6) is 5.75 Å². The molecule has 86 valence electrons. The summed E-state index contributed by atoms with van der Waals surface area (Å²) in [6.07, 6.45) is 1.58. The molecule has 2 rings (SSSR count). The molecule has 0 bridgehead atoms. The zero-order valence-electron chi connectivity index (χ0n) is 9.75. The summed E-state index contributed by atoms with van der Waals surface area (Å²) in [5.74, 6) is 1.05.